The van der Waals surface area contributed by atoms with Gasteiger partial charge in [-0.3, -0.25) is 4.90 Å². The Morgan fingerprint density at radius 1 is 1.40 bits per heavy atom. The second-order valence-electron chi connectivity index (χ2n) is 4.95. The van der Waals surface area contributed by atoms with Gasteiger partial charge in [-0.1, -0.05) is 19.1 Å². The van der Waals surface area contributed by atoms with E-state index in [4.69, 9.17) is 18.0 Å². The van der Waals surface area contributed by atoms with Crippen LogP contribution in [0.1, 0.15) is 19.0 Å². The molecule has 1 aromatic rings. The highest BCUT2D eigenvalue weighted by molar-refractivity contribution is 7.80. The van der Waals surface area contributed by atoms with E-state index in [2.05, 4.69) is 21.8 Å². The zero-order chi connectivity index (χ0) is 14.7. The highest BCUT2D eigenvalue weighted by atomic mass is 32.1. The van der Waals surface area contributed by atoms with E-state index >= 15 is 0 Å². The van der Waals surface area contributed by atoms with E-state index in [1.807, 2.05) is 4.90 Å². The predicted octanol–water partition coefficient (Wildman–Crippen LogP) is 1.11. The highest BCUT2D eigenvalue weighted by Gasteiger charge is 2.26. The van der Waals surface area contributed by atoms with Crippen molar-refractivity contribution in [3.05, 3.63) is 17.8 Å². The van der Waals surface area contributed by atoms with Crippen LogP contribution in [0.2, 0.25) is 0 Å². The summed E-state index contributed by atoms with van der Waals surface area (Å²) >= 11 is 5.10. The van der Waals surface area contributed by atoms with Crippen molar-refractivity contribution in [2.24, 2.45) is 5.73 Å². The second-order valence-corrected chi connectivity index (χ2v) is 5.42. The van der Waals surface area contributed by atoms with Gasteiger partial charge >= 0.3 is 0 Å². The van der Waals surface area contributed by atoms with Crippen molar-refractivity contribution >= 4 is 23.0 Å². The zero-order valence-electron chi connectivity index (χ0n) is 11.8. The average Bonchev–Trinajstić information content (AvgIpc) is 2.43. The van der Waals surface area contributed by atoms with E-state index in [1.165, 1.54) is 6.33 Å². The van der Waals surface area contributed by atoms with Crippen LogP contribution >= 0.6 is 12.2 Å². The summed E-state index contributed by atoms with van der Waals surface area (Å²) in [5.74, 6) is 0.0582. The smallest absolute Gasteiger partial charge is 0.186 e. The molecule has 5 nitrogen and oxygen atoms in total. The Balaban J connectivity index is 2.04. The van der Waals surface area contributed by atoms with E-state index in [1.54, 1.807) is 6.92 Å². The maximum Gasteiger partial charge on any atom is 0.186 e. The van der Waals surface area contributed by atoms with Gasteiger partial charge in [-0.15, -0.1) is 0 Å². The number of hydrogen-bond acceptors (Lipinski definition) is 5. The number of aryl methyl sites for hydroxylation is 1. The van der Waals surface area contributed by atoms with Crippen LogP contribution in [-0.2, 0) is 0 Å². The van der Waals surface area contributed by atoms with Gasteiger partial charge in [0.2, 0.25) is 0 Å². The van der Waals surface area contributed by atoms with Crippen molar-refractivity contribution in [2.75, 3.05) is 31.1 Å². The first-order valence-corrected chi connectivity index (χ1v) is 7.20. The molecule has 1 aliphatic rings. The maximum absolute atomic E-state index is 14.0. The largest absolute Gasteiger partial charge is 0.392 e. The lowest BCUT2D eigenvalue weighted by Crippen LogP contribution is -2.54. The molecule has 0 aliphatic carbocycles. The summed E-state index contributed by atoms with van der Waals surface area (Å²) < 4.78 is 14.0. The number of anilines is 1. The average molecular weight is 297 g/mol. The van der Waals surface area contributed by atoms with E-state index in [-0.39, 0.29) is 11.9 Å². The van der Waals surface area contributed by atoms with Gasteiger partial charge < -0.3 is 10.6 Å². The van der Waals surface area contributed by atoms with Crippen LogP contribution in [-0.4, -0.2) is 52.1 Å². The Kier molecular flexibility index (Phi) is 4.82. The summed E-state index contributed by atoms with van der Waals surface area (Å²) in [4.78, 5) is 12.7. The van der Waals surface area contributed by atoms with Crippen molar-refractivity contribution in [3.8, 4) is 0 Å². The molecule has 110 valence electrons. The lowest BCUT2D eigenvalue weighted by molar-refractivity contribution is 0.223. The summed E-state index contributed by atoms with van der Waals surface area (Å²) in [6, 6.07) is 0.129. The molecule has 20 heavy (non-hydrogen) atoms. The van der Waals surface area contributed by atoms with Crippen molar-refractivity contribution in [1.82, 2.24) is 14.9 Å². The molecule has 0 amide bonds. The molecule has 0 bridgehead atoms. The molecule has 0 spiro atoms. The van der Waals surface area contributed by atoms with Crippen LogP contribution in [0.5, 0.6) is 0 Å². The molecule has 1 saturated heterocycles. The SMILES string of the molecule is CCC(C(N)=S)N1CCN(c2ncnc(C)c2F)CC1. The van der Waals surface area contributed by atoms with Crippen molar-refractivity contribution in [2.45, 2.75) is 26.3 Å². The number of aromatic nitrogens is 2. The topological polar surface area (TPSA) is 58.3 Å². The van der Waals surface area contributed by atoms with E-state index in [0.29, 0.717) is 29.6 Å². The van der Waals surface area contributed by atoms with Crippen molar-refractivity contribution < 1.29 is 4.39 Å². The van der Waals surface area contributed by atoms with Gasteiger partial charge in [0.15, 0.2) is 11.6 Å². The lowest BCUT2D eigenvalue weighted by Gasteiger charge is -2.39. The molecule has 0 aromatic carbocycles. The standard InChI is InChI=1S/C13H20FN5S/c1-3-10(12(15)20)18-4-6-19(7-5-18)13-11(14)9(2)16-8-17-13/h8,10H,3-7H2,1-2H3,(H2,15,20). The predicted molar refractivity (Wildman–Crippen MR) is 81.4 cm³/mol. The minimum absolute atomic E-state index is 0.129. The monoisotopic (exact) mass is 297 g/mol. The number of hydrogen-bond donors (Lipinski definition) is 1. The fraction of sp³-hybridized carbons (Fsp3) is 0.615. The van der Waals surface area contributed by atoms with Gasteiger partial charge in [0.25, 0.3) is 0 Å². The number of nitrogens with zero attached hydrogens (tertiary/aromatic N) is 4. The molecule has 1 fully saturated rings. The minimum atomic E-state index is -0.331. The second kappa shape index (κ2) is 6.41. The van der Waals surface area contributed by atoms with Crippen LogP contribution < -0.4 is 10.6 Å². The van der Waals surface area contributed by atoms with E-state index < -0.39 is 0 Å². The Morgan fingerprint density at radius 2 is 2.05 bits per heavy atom. The molecule has 1 aromatic heterocycles. The third kappa shape index (κ3) is 3.04. The highest BCUT2D eigenvalue weighted by Crippen LogP contribution is 2.20. The molecule has 1 aliphatic heterocycles. The molecule has 7 heteroatoms. The normalized spacial score (nSPS) is 18.1. The van der Waals surface area contributed by atoms with E-state index in [9.17, 15) is 4.39 Å². The first kappa shape index (κ1) is 15.1. The van der Waals surface area contributed by atoms with Gasteiger partial charge in [-0.25, -0.2) is 14.4 Å². The summed E-state index contributed by atoms with van der Waals surface area (Å²) in [6.07, 6.45) is 2.31. The first-order valence-electron chi connectivity index (χ1n) is 6.80. The minimum Gasteiger partial charge on any atom is -0.392 e. The lowest BCUT2D eigenvalue weighted by atomic mass is 10.1. The quantitative estimate of drug-likeness (QED) is 0.840. The fourth-order valence-corrected chi connectivity index (χ4v) is 2.87. The molecule has 0 radical (unpaired) electrons. The summed E-state index contributed by atoms with van der Waals surface area (Å²) in [6.45, 7) is 6.76. The third-order valence-corrected chi connectivity index (χ3v) is 3.99. The molecular formula is C13H20FN5S. The number of thiocarbonyl (C=S) groups is 1. The number of halogens is 1. The van der Waals surface area contributed by atoms with Crippen molar-refractivity contribution in [1.29, 1.82) is 0 Å². The Labute approximate surface area is 124 Å². The van der Waals surface area contributed by atoms with Crippen LogP contribution in [0.3, 0.4) is 0 Å². The molecule has 1 atom stereocenters. The fourth-order valence-electron chi connectivity index (χ4n) is 2.55. The first-order chi connectivity index (χ1) is 9.54. The van der Waals surface area contributed by atoms with Gasteiger partial charge in [-0.2, -0.15) is 0 Å². The summed E-state index contributed by atoms with van der Waals surface area (Å²) in [5.41, 5.74) is 6.14. The molecule has 0 saturated carbocycles. The maximum atomic E-state index is 14.0. The Bertz CT molecular complexity index is 488. The van der Waals surface area contributed by atoms with Gasteiger partial charge in [0.1, 0.15) is 6.33 Å². The van der Waals surface area contributed by atoms with Gasteiger partial charge in [0, 0.05) is 26.2 Å². The zero-order valence-corrected chi connectivity index (χ0v) is 12.7. The van der Waals surface area contributed by atoms with Crippen LogP contribution in [0.4, 0.5) is 10.2 Å². The van der Waals surface area contributed by atoms with Crippen molar-refractivity contribution in [3.63, 3.8) is 0 Å². The number of piperazine rings is 1. The Morgan fingerprint density at radius 3 is 2.60 bits per heavy atom. The Hall–Kier alpha value is -1.34. The number of nitrogens with two attached hydrogens (primary N) is 1. The van der Waals surface area contributed by atoms with Crippen LogP contribution in [0, 0.1) is 12.7 Å². The summed E-state index contributed by atoms with van der Waals surface area (Å²) in [7, 11) is 0. The van der Waals surface area contributed by atoms with Gasteiger partial charge in [0.05, 0.1) is 16.7 Å². The molecular weight excluding hydrogens is 277 g/mol. The van der Waals surface area contributed by atoms with Crippen LogP contribution in [0.15, 0.2) is 6.33 Å². The van der Waals surface area contributed by atoms with E-state index in [0.717, 1.165) is 19.5 Å². The molecule has 2 N–H and O–H groups in total. The molecule has 1 unspecified atom stereocenters. The van der Waals surface area contributed by atoms with Gasteiger partial charge in [-0.05, 0) is 13.3 Å². The summed E-state index contributed by atoms with van der Waals surface area (Å²) in [5, 5.41) is 0. The third-order valence-electron chi connectivity index (χ3n) is 3.72. The van der Waals surface area contributed by atoms with Crippen LogP contribution in [0.25, 0.3) is 0 Å². The molecule has 2 rings (SSSR count). The number of rotatable bonds is 4. The molecule has 2 heterocycles.